The first-order chi connectivity index (χ1) is 13.2. The van der Waals surface area contributed by atoms with Gasteiger partial charge in [0.1, 0.15) is 17.6 Å². The summed E-state index contributed by atoms with van der Waals surface area (Å²) in [6.45, 7) is 10.4. The molecule has 3 rings (SSSR count). The average molecular weight is 359 g/mol. The Hall–Kier alpha value is -2.89. The summed E-state index contributed by atoms with van der Waals surface area (Å²) in [4.78, 5) is 13.6. The number of piperazine rings is 1. The van der Waals surface area contributed by atoms with Gasteiger partial charge in [0.2, 0.25) is 0 Å². The van der Waals surface area contributed by atoms with E-state index < -0.39 is 0 Å². The summed E-state index contributed by atoms with van der Waals surface area (Å²) in [5, 5.41) is 9.34. The van der Waals surface area contributed by atoms with Crippen molar-refractivity contribution >= 4 is 11.5 Å². The number of aromatic nitrogens is 1. The van der Waals surface area contributed by atoms with Gasteiger partial charge in [-0.05, 0) is 50.8 Å². The lowest BCUT2D eigenvalue weighted by atomic mass is 10.1. The second-order valence-electron chi connectivity index (χ2n) is 6.82. The van der Waals surface area contributed by atoms with Gasteiger partial charge in [-0.25, -0.2) is 9.98 Å². The molecule has 0 bridgehead atoms. The number of rotatable bonds is 3. The first kappa shape index (κ1) is 18.9. The van der Waals surface area contributed by atoms with Crippen LogP contribution in [-0.2, 0) is 0 Å². The molecule has 3 heterocycles. The van der Waals surface area contributed by atoms with E-state index in [2.05, 4.69) is 44.3 Å². The van der Waals surface area contributed by atoms with E-state index >= 15 is 0 Å². The van der Waals surface area contributed by atoms with Crippen LogP contribution in [0.4, 0.5) is 5.82 Å². The number of aliphatic imine (C=N–C) groups is 1. The van der Waals surface area contributed by atoms with Crippen molar-refractivity contribution < 1.29 is 0 Å². The molecule has 2 aliphatic rings. The summed E-state index contributed by atoms with van der Waals surface area (Å²) in [5.41, 5.74) is 2.31. The van der Waals surface area contributed by atoms with Crippen LogP contribution >= 0.6 is 0 Å². The van der Waals surface area contributed by atoms with Crippen LogP contribution in [0.15, 0.2) is 47.7 Å². The van der Waals surface area contributed by atoms with E-state index in [1.165, 1.54) is 0 Å². The Labute approximate surface area is 161 Å². The van der Waals surface area contributed by atoms with Gasteiger partial charge in [0, 0.05) is 37.6 Å². The summed E-state index contributed by atoms with van der Waals surface area (Å²) >= 11 is 0. The SMILES string of the molecule is C=CC(C#CC1CCC2CN(c3ncccc3C#N)CCN12)=N/C(C)=C\C. The molecule has 27 heavy (non-hydrogen) atoms. The molecule has 0 N–H and O–H groups in total. The predicted octanol–water partition coefficient (Wildman–Crippen LogP) is 3.16. The molecule has 2 atom stereocenters. The van der Waals surface area contributed by atoms with Gasteiger partial charge in [-0.3, -0.25) is 4.90 Å². The second-order valence-corrected chi connectivity index (χ2v) is 6.82. The smallest absolute Gasteiger partial charge is 0.146 e. The molecular weight excluding hydrogens is 334 g/mol. The molecule has 0 aliphatic carbocycles. The summed E-state index contributed by atoms with van der Waals surface area (Å²) in [6.07, 6.45) is 7.61. The molecule has 5 nitrogen and oxygen atoms in total. The lowest BCUT2D eigenvalue weighted by Gasteiger charge is -2.39. The van der Waals surface area contributed by atoms with Gasteiger partial charge in [-0.2, -0.15) is 5.26 Å². The summed E-state index contributed by atoms with van der Waals surface area (Å²) in [6, 6.07) is 6.61. The van der Waals surface area contributed by atoms with Crippen molar-refractivity contribution in [3.05, 3.63) is 48.3 Å². The standard InChI is InChI=1S/C22H25N5/c1-4-17(3)25-19(5-2)8-9-20-10-11-21-16-26(13-14-27(20)21)22-18(15-23)7-6-12-24-22/h4-7,12,20-21H,2,10-11,13-14,16H2,1,3H3/b17-4-,25-19?. The minimum Gasteiger partial charge on any atom is -0.353 e. The highest BCUT2D eigenvalue weighted by Crippen LogP contribution is 2.29. The Balaban J connectivity index is 1.70. The average Bonchev–Trinajstić information content (AvgIpc) is 3.12. The van der Waals surface area contributed by atoms with Crippen molar-refractivity contribution in [1.29, 1.82) is 5.26 Å². The molecule has 1 aromatic rings. The third-order valence-corrected chi connectivity index (χ3v) is 5.18. The monoisotopic (exact) mass is 359 g/mol. The van der Waals surface area contributed by atoms with Gasteiger partial charge in [-0.1, -0.05) is 18.6 Å². The first-order valence-electron chi connectivity index (χ1n) is 9.37. The zero-order valence-electron chi connectivity index (χ0n) is 16.0. The van der Waals surface area contributed by atoms with Crippen LogP contribution in [-0.4, -0.2) is 47.3 Å². The highest BCUT2D eigenvalue weighted by Gasteiger charge is 2.37. The highest BCUT2D eigenvalue weighted by molar-refractivity contribution is 6.08. The van der Waals surface area contributed by atoms with Gasteiger partial charge >= 0.3 is 0 Å². The van der Waals surface area contributed by atoms with E-state index in [9.17, 15) is 5.26 Å². The Kier molecular flexibility index (Phi) is 6.06. The first-order valence-corrected chi connectivity index (χ1v) is 9.37. The molecule has 5 heteroatoms. The Bertz CT molecular complexity index is 865. The van der Waals surface area contributed by atoms with E-state index in [1.54, 1.807) is 12.3 Å². The third kappa shape index (κ3) is 4.27. The molecule has 0 aromatic carbocycles. The van der Waals surface area contributed by atoms with Crippen molar-refractivity contribution in [1.82, 2.24) is 9.88 Å². The molecule has 1 aromatic heterocycles. The van der Waals surface area contributed by atoms with Gasteiger partial charge in [0.25, 0.3) is 0 Å². The number of hydrogen-bond acceptors (Lipinski definition) is 5. The normalized spacial score (nSPS) is 23.2. The summed E-state index contributed by atoms with van der Waals surface area (Å²) in [5.74, 6) is 7.40. The fourth-order valence-electron chi connectivity index (χ4n) is 3.67. The number of fused-ring (bicyclic) bond motifs is 1. The van der Waals surface area contributed by atoms with Crippen LogP contribution in [0.2, 0.25) is 0 Å². The van der Waals surface area contributed by atoms with Crippen molar-refractivity contribution in [2.75, 3.05) is 24.5 Å². The fraction of sp³-hybridized carbons (Fsp3) is 0.409. The fourth-order valence-corrected chi connectivity index (χ4v) is 3.67. The van der Waals surface area contributed by atoms with E-state index in [4.69, 9.17) is 0 Å². The van der Waals surface area contributed by atoms with Crippen LogP contribution in [0.1, 0.15) is 32.3 Å². The number of pyridine rings is 1. The van der Waals surface area contributed by atoms with Gasteiger partial charge in [0.05, 0.1) is 11.6 Å². The van der Waals surface area contributed by atoms with Crippen molar-refractivity contribution in [2.45, 2.75) is 38.8 Å². The second kappa shape index (κ2) is 8.66. The molecule has 2 saturated heterocycles. The van der Waals surface area contributed by atoms with Gasteiger partial charge < -0.3 is 4.90 Å². The van der Waals surface area contributed by atoms with Crippen LogP contribution < -0.4 is 4.90 Å². The molecule has 2 fully saturated rings. The molecule has 2 unspecified atom stereocenters. The number of hydrogen-bond donors (Lipinski definition) is 0. The molecule has 138 valence electrons. The molecule has 0 radical (unpaired) electrons. The Morgan fingerprint density at radius 2 is 2.26 bits per heavy atom. The molecular formula is C22H25N5. The van der Waals surface area contributed by atoms with E-state index in [-0.39, 0.29) is 6.04 Å². The predicted molar refractivity (Wildman–Crippen MR) is 110 cm³/mol. The minimum absolute atomic E-state index is 0.257. The maximum atomic E-state index is 9.34. The van der Waals surface area contributed by atoms with Crippen LogP contribution in [0, 0.1) is 23.2 Å². The molecule has 0 saturated carbocycles. The largest absolute Gasteiger partial charge is 0.353 e. The molecule has 2 aliphatic heterocycles. The minimum atomic E-state index is 0.257. The maximum absolute atomic E-state index is 9.34. The number of nitriles is 1. The zero-order chi connectivity index (χ0) is 19.2. The number of anilines is 1. The van der Waals surface area contributed by atoms with Gasteiger partial charge in [-0.15, -0.1) is 0 Å². The molecule has 0 spiro atoms. The van der Waals surface area contributed by atoms with Crippen molar-refractivity contribution in [3.8, 4) is 17.9 Å². The van der Waals surface area contributed by atoms with Crippen molar-refractivity contribution in [3.63, 3.8) is 0 Å². The zero-order valence-corrected chi connectivity index (χ0v) is 16.0. The van der Waals surface area contributed by atoms with Crippen LogP contribution in [0.3, 0.4) is 0 Å². The lowest BCUT2D eigenvalue weighted by molar-refractivity contribution is 0.202. The third-order valence-electron chi connectivity index (χ3n) is 5.18. The Morgan fingerprint density at radius 3 is 3.00 bits per heavy atom. The summed E-state index contributed by atoms with van der Waals surface area (Å²) in [7, 11) is 0. The van der Waals surface area contributed by atoms with Gasteiger partial charge in [0.15, 0.2) is 0 Å². The number of nitrogens with zero attached hydrogens (tertiary/aromatic N) is 5. The van der Waals surface area contributed by atoms with Crippen LogP contribution in [0.25, 0.3) is 0 Å². The van der Waals surface area contributed by atoms with Crippen molar-refractivity contribution in [2.24, 2.45) is 4.99 Å². The Morgan fingerprint density at radius 1 is 1.41 bits per heavy atom. The van der Waals surface area contributed by atoms with E-state index in [0.29, 0.717) is 11.6 Å². The molecule has 0 amide bonds. The quantitative estimate of drug-likeness (QED) is 0.614. The topological polar surface area (TPSA) is 55.5 Å². The highest BCUT2D eigenvalue weighted by atomic mass is 15.3. The van der Waals surface area contributed by atoms with E-state index in [1.807, 2.05) is 32.1 Å². The maximum Gasteiger partial charge on any atom is 0.146 e. The summed E-state index contributed by atoms with van der Waals surface area (Å²) < 4.78 is 0. The number of allylic oxidation sites excluding steroid dienone is 3. The van der Waals surface area contributed by atoms with Crippen LogP contribution in [0.5, 0.6) is 0 Å². The lowest BCUT2D eigenvalue weighted by Crippen LogP contribution is -2.52. The van der Waals surface area contributed by atoms with E-state index in [0.717, 1.165) is 49.7 Å².